The van der Waals surface area contributed by atoms with Gasteiger partial charge >= 0.3 is 5.97 Å². The Balaban J connectivity index is 1.53. The minimum absolute atomic E-state index is 0.0647. The molecule has 26 heavy (non-hydrogen) atoms. The summed E-state index contributed by atoms with van der Waals surface area (Å²) in [6, 6.07) is 3.80. The van der Waals surface area contributed by atoms with Crippen LogP contribution in [0, 0.1) is 0 Å². The molecule has 0 unspecified atom stereocenters. The minimum atomic E-state index is -3.43. The predicted molar refractivity (Wildman–Crippen MR) is 97.5 cm³/mol. The molecule has 2 fully saturated rings. The van der Waals surface area contributed by atoms with E-state index in [4.69, 9.17) is 5.11 Å². The Hall–Kier alpha value is -1.71. The van der Waals surface area contributed by atoms with Crippen LogP contribution >= 0.6 is 0 Å². The number of likely N-dealkylation sites (N-methyl/N-ethyl adjacent to an activating group) is 1. The predicted octanol–water partition coefficient (Wildman–Crippen LogP) is 1.22. The number of carboxylic acids is 1. The number of nitrogens with zero attached hydrogens (tertiary/aromatic N) is 3. The highest BCUT2D eigenvalue weighted by atomic mass is 32.2. The van der Waals surface area contributed by atoms with Gasteiger partial charge in [-0.3, -0.25) is 9.69 Å². The third-order valence-electron chi connectivity index (χ3n) is 5.17. The van der Waals surface area contributed by atoms with Gasteiger partial charge in [-0.25, -0.2) is 13.4 Å². The molecule has 0 amide bonds. The van der Waals surface area contributed by atoms with E-state index in [1.165, 1.54) is 10.5 Å². The van der Waals surface area contributed by atoms with Gasteiger partial charge in [-0.1, -0.05) is 6.92 Å². The Labute approximate surface area is 154 Å². The first-order valence-electron chi connectivity index (χ1n) is 9.08. The topological polar surface area (TPSA) is 103 Å². The number of hydrogen-bond acceptors (Lipinski definition) is 6. The van der Waals surface area contributed by atoms with Crippen LogP contribution in [0.3, 0.4) is 0 Å². The van der Waals surface area contributed by atoms with Gasteiger partial charge < -0.3 is 10.4 Å². The minimum Gasteiger partial charge on any atom is -0.480 e. The number of sulfonamides is 1. The summed E-state index contributed by atoms with van der Waals surface area (Å²) in [6.07, 6.45) is 4.94. The lowest BCUT2D eigenvalue weighted by atomic mass is 9.85. The van der Waals surface area contributed by atoms with Gasteiger partial charge in [0.15, 0.2) is 0 Å². The lowest BCUT2D eigenvalue weighted by Crippen LogP contribution is -2.51. The molecular weight excluding hydrogens is 356 g/mol. The van der Waals surface area contributed by atoms with Crippen molar-refractivity contribution in [3.8, 4) is 0 Å². The van der Waals surface area contributed by atoms with Crippen molar-refractivity contribution in [3.63, 3.8) is 0 Å². The zero-order valence-electron chi connectivity index (χ0n) is 15.0. The largest absolute Gasteiger partial charge is 0.480 e. The number of nitrogens with one attached hydrogen (secondary N) is 1. The second-order valence-corrected chi connectivity index (χ2v) is 8.85. The fraction of sp³-hybridized carbons (Fsp3) is 0.647. The molecule has 9 heteroatoms. The van der Waals surface area contributed by atoms with Crippen molar-refractivity contribution in [2.75, 3.05) is 31.5 Å². The fourth-order valence-electron chi connectivity index (χ4n) is 3.58. The molecular formula is C17H26N4O4S. The second kappa shape index (κ2) is 7.89. The number of anilines is 1. The lowest BCUT2D eigenvalue weighted by molar-refractivity contribution is -0.139. The zero-order chi connectivity index (χ0) is 18.7. The van der Waals surface area contributed by atoms with Gasteiger partial charge in [0.1, 0.15) is 10.7 Å². The van der Waals surface area contributed by atoms with E-state index in [2.05, 4.69) is 10.3 Å². The highest BCUT2D eigenvalue weighted by molar-refractivity contribution is 7.89. The van der Waals surface area contributed by atoms with Gasteiger partial charge in [-0.05, 0) is 44.4 Å². The molecule has 0 spiro atoms. The molecule has 1 aromatic rings. The Morgan fingerprint density at radius 1 is 1.35 bits per heavy atom. The molecule has 0 aromatic carbocycles. The molecule has 1 aliphatic carbocycles. The van der Waals surface area contributed by atoms with Crippen molar-refractivity contribution < 1.29 is 18.3 Å². The number of rotatable bonds is 8. The summed E-state index contributed by atoms with van der Waals surface area (Å²) in [4.78, 5) is 17.3. The molecule has 2 aliphatic rings. The molecule has 1 aliphatic heterocycles. The Morgan fingerprint density at radius 3 is 2.58 bits per heavy atom. The Bertz CT molecular complexity index is 726. The Kier molecular flexibility index (Phi) is 5.79. The number of carbonyl (C=O) groups is 1. The highest BCUT2D eigenvalue weighted by Gasteiger charge is 2.34. The van der Waals surface area contributed by atoms with E-state index in [9.17, 15) is 13.2 Å². The number of aromatic nitrogens is 1. The SMILES string of the molecule is CCN(CC(=O)O)C1CC(Nc2ccc(S(=O)(=O)N3CCCC3)cn2)C1. The molecule has 8 nitrogen and oxygen atoms in total. The monoisotopic (exact) mass is 382 g/mol. The van der Waals surface area contributed by atoms with E-state index < -0.39 is 16.0 Å². The zero-order valence-corrected chi connectivity index (χ0v) is 15.8. The van der Waals surface area contributed by atoms with E-state index in [1.54, 1.807) is 12.1 Å². The van der Waals surface area contributed by atoms with Crippen LogP contribution in [-0.4, -0.2) is 71.9 Å². The molecule has 0 atom stereocenters. The van der Waals surface area contributed by atoms with Crippen LogP contribution in [0.2, 0.25) is 0 Å². The standard InChI is InChI=1S/C17H26N4O4S/c1-2-20(12-17(22)23)14-9-13(10-14)19-16-6-5-15(11-18-16)26(24,25)21-7-3-4-8-21/h5-6,11,13-14H,2-4,7-10,12H2,1H3,(H,18,19)(H,22,23). The molecule has 0 bridgehead atoms. The molecule has 0 radical (unpaired) electrons. The van der Waals surface area contributed by atoms with Crippen LogP contribution in [0.15, 0.2) is 23.2 Å². The normalized spacial score (nSPS) is 23.8. The van der Waals surface area contributed by atoms with Crippen molar-refractivity contribution in [1.29, 1.82) is 0 Å². The maximum absolute atomic E-state index is 12.5. The molecule has 144 valence electrons. The second-order valence-electron chi connectivity index (χ2n) is 6.91. The van der Waals surface area contributed by atoms with E-state index in [1.807, 2.05) is 11.8 Å². The van der Waals surface area contributed by atoms with E-state index >= 15 is 0 Å². The van der Waals surface area contributed by atoms with Gasteiger partial charge in [0.2, 0.25) is 10.0 Å². The van der Waals surface area contributed by atoms with Crippen LogP contribution in [0.5, 0.6) is 0 Å². The Morgan fingerprint density at radius 2 is 2.04 bits per heavy atom. The number of pyridine rings is 1. The summed E-state index contributed by atoms with van der Waals surface area (Å²) in [6.45, 7) is 3.90. The highest BCUT2D eigenvalue weighted by Crippen LogP contribution is 2.28. The van der Waals surface area contributed by atoms with Crippen LogP contribution in [0.25, 0.3) is 0 Å². The van der Waals surface area contributed by atoms with Gasteiger partial charge in [-0.15, -0.1) is 0 Å². The summed E-state index contributed by atoms with van der Waals surface area (Å²) in [5.41, 5.74) is 0. The third-order valence-corrected chi connectivity index (χ3v) is 7.05. The summed E-state index contributed by atoms with van der Waals surface area (Å²) in [5, 5.41) is 12.2. The quantitative estimate of drug-likeness (QED) is 0.697. The van der Waals surface area contributed by atoms with Gasteiger partial charge in [0.25, 0.3) is 0 Å². The first-order valence-corrected chi connectivity index (χ1v) is 10.5. The first-order chi connectivity index (χ1) is 12.4. The summed E-state index contributed by atoms with van der Waals surface area (Å²) in [7, 11) is -3.43. The van der Waals surface area contributed by atoms with Crippen molar-refractivity contribution in [2.45, 2.75) is 49.6 Å². The molecule has 2 heterocycles. The number of hydrogen-bond donors (Lipinski definition) is 2. The van der Waals surface area contributed by atoms with Crippen LogP contribution in [0.1, 0.15) is 32.6 Å². The average Bonchev–Trinajstić information content (AvgIpc) is 3.11. The summed E-state index contributed by atoms with van der Waals surface area (Å²) >= 11 is 0. The van der Waals surface area contributed by atoms with Crippen LogP contribution in [-0.2, 0) is 14.8 Å². The molecule has 2 N–H and O–H groups in total. The number of carboxylic acid groups (broad SMARTS) is 1. The van der Waals surface area contributed by atoms with Crippen molar-refractivity contribution in [1.82, 2.24) is 14.2 Å². The fourth-order valence-corrected chi connectivity index (χ4v) is 5.04. The van der Waals surface area contributed by atoms with E-state index in [-0.39, 0.29) is 23.5 Å². The van der Waals surface area contributed by atoms with Gasteiger partial charge in [-0.2, -0.15) is 4.31 Å². The first kappa shape index (κ1) is 19.1. The molecule has 1 saturated carbocycles. The van der Waals surface area contributed by atoms with Crippen LogP contribution in [0.4, 0.5) is 5.82 Å². The van der Waals surface area contributed by atoms with E-state index in [0.717, 1.165) is 25.7 Å². The molecule has 1 aromatic heterocycles. The smallest absolute Gasteiger partial charge is 0.317 e. The molecule has 3 rings (SSSR count). The number of aliphatic carboxylic acids is 1. The van der Waals surface area contributed by atoms with Gasteiger partial charge in [0, 0.05) is 31.4 Å². The maximum Gasteiger partial charge on any atom is 0.317 e. The lowest BCUT2D eigenvalue weighted by Gasteiger charge is -2.42. The van der Waals surface area contributed by atoms with Crippen molar-refractivity contribution in [2.24, 2.45) is 0 Å². The van der Waals surface area contributed by atoms with Crippen molar-refractivity contribution in [3.05, 3.63) is 18.3 Å². The van der Waals surface area contributed by atoms with E-state index in [0.29, 0.717) is 25.5 Å². The van der Waals surface area contributed by atoms with Crippen LogP contribution < -0.4 is 5.32 Å². The maximum atomic E-state index is 12.5. The summed E-state index contributed by atoms with van der Waals surface area (Å²) < 4.78 is 26.5. The summed E-state index contributed by atoms with van der Waals surface area (Å²) in [5.74, 6) is -0.158. The third kappa shape index (κ3) is 4.16. The molecule has 1 saturated heterocycles. The van der Waals surface area contributed by atoms with Crippen molar-refractivity contribution >= 4 is 21.8 Å². The average molecular weight is 382 g/mol. The van der Waals surface area contributed by atoms with Gasteiger partial charge in [0.05, 0.1) is 6.54 Å².